The van der Waals surface area contributed by atoms with Crippen molar-refractivity contribution < 1.29 is 19.0 Å². The molecule has 0 saturated carbocycles. The standard InChI is InChI=1S/C15H12BrFO3/c1-9-3-2-4-12(15(18)19)14(9)20-8-10-5-6-11(16)7-13(10)17/h2-7H,8H2,1H3,(H,18,19). The minimum atomic E-state index is -1.07. The van der Waals surface area contributed by atoms with E-state index in [9.17, 15) is 9.18 Å². The number of rotatable bonds is 4. The lowest BCUT2D eigenvalue weighted by Crippen LogP contribution is -2.06. The molecule has 0 unspecified atom stereocenters. The van der Waals surface area contributed by atoms with Crippen LogP contribution in [0.2, 0.25) is 0 Å². The third-order valence-corrected chi connectivity index (χ3v) is 3.32. The molecule has 5 heteroatoms. The van der Waals surface area contributed by atoms with Gasteiger partial charge in [-0.25, -0.2) is 9.18 Å². The Morgan fingerprint density at radius 3 is 2.75 bits per heavy atom. The first-order valence-electron chi connectivity index (χ1n) is 5.88. The molecule has 20 heavy (non-hydrogen) atoms. The average molecular weight is 339 g/mol. The maximum atomic E-state index is 13.7. The van der Waals surface area contributed by atoms with Crippen molar-refractivity contribution in [2.24, 2.45) is 0 Å². The largest absolute Gasteiger partial charge is 0.488 e. The van der Waals surface area contributed by atoms with Crippen LogP contribution in [0.15, 0.2) is 40.9 Å². The van der Waals surface area contributed by atoms with Crippen LogP contribution >= 0.6 is 15.9 Å². The van der Waals surface area contributed by atoms with Crippen LogP contribution in [0.4, 0.5) is 4.39 Å². The van der Waals surface area contributed by atoms with Crippen LogP contribution in [0.3, 0.4) is 0 Å². The molecule has 0 aliphatic rings. The molecule has 0 aliphatic carbocycles. The van der Waals surface area contributed by atoms with Crippen LogP contribution < -0.4 is 4.74 Å². The molecule has 0 atom stereocenters. The molecule has 1 N–H and O–H groups in total. The summed E-state index contributed by atoms with van der Waals surface area (Å²) >= 11 is 3.18. The molecule has 0 saturated heterocycles. The van der Waals surface area contributed by atoms with E-state index in [1.54, 1.807) is 31.2 Å². The number of carboxylic acids is 1. The fourth-order valence-corrected chi connectivity index (χ4v) is 2.13. The van der Waals surface area contributed by atoms with Gasteiger partial charge in [-0.15, -0.1) is 0 Å². The zero-order valence-electron chi connectivity index (χ0n) is 10.7. The fraction of sp³-hybridized carbons (Fsp3) is 0.133. The van der Waals surface area contributed by atoms with Crippen LogP contribution in [0.5, 0.6) is 5.75 Å². The molecule has 0 aliphatic heterocycles. The molecule has 2 aromatic carbocycles. The van der Waals surface area contributed by atoms with Crippen LogP contribution in [-0.2, 0) is 6.61 Å². The summed E-state index contributed by atoms with van der Waals surface area (Å²) in [7, 11) is 0. The smallest absolute Gasteiger partial charge is 0.339 e. The number of halogens is 2. The molecular weight excluding hydrogens is 327 g/mol. The summed E-state index contributed by atoms with van der Waals surface area (Å²) in [4.78, 5) is 11.1. The number of hydrogen-bond donors (Lipinski definition) is 1. The van der Waals surface area contributed by atoms with Gasteiger partial charge in [0.25, 0.3) is 0 Å². The molecule has 0 spiro atoms. The number of carbonyl (C=O) groups is 1. The van der Waals surface area contributed by atoms with Crippen molar-refractivity contribution in [2.45, 2.75) is 13.5 Å². The van der Waals surface area contributed by atoms with Gasteiger partial charge in [-0.05, 0) is 30.7 Å². The number of ether oxygens (including phenoxy) is 1. The average Bonchev–Trinajstić information content (AvgIpc) is 2.38. The van der Waals surface area contributed by atoms with E-state index in [0.29, 0.717) is 15.6 Å². The Balaban J connectivity index is 2.25. The van der Waals surface area contributed by atoms with Crippen LogP contribution in [0, 0.1) is 12.7 Å². The van der Waals surface area contributed by atoms with Gasteiger partial charge in [0, 0.05) is 10.0 Å². The second kappa shape index (κ2) is 6.05. The highest BCUT2D eigenvalue weighted by Gasteiger charge is 2.14. The highest BCUT2D eigenvalue weighted by Crippen LogP contribution is 2.25. The molecule has 0 heterocycles. The van der Waals surface area contributed by atoms with E-state index < -0.39 is 11.8 Å². The third-order valence-electron chi connectivity index (χ3n) is 2.83. The van der Waals surface area contributed by atoms with Gasteiger partial charge in [-0.1, -0.05) is 34.1 Å². The highest BCUT2D eigenvalue weighted by atomic mass is 79.9. The van der Waals surface area contributed by atoms with E-state index >= 15 is 0 Å². The van der Waals surface area contributed by atoms with E-state index in [-0.39, 0.29) is 17.9 Å². The zero-order valence-corrected chi connectivity index (χ0v) is 12.3. The second-order valence-electron chi connectivity index (χ2n) is 4.28. The molecule has 2 aromatic rings. The predicted molar refractivity (Wildman–Crippen MR) is 76.6 cm³/mol. The molecule has 0 aromatic heterocycles. The van der Waals surface area contributed by atoms with Gasteiger partial charge in [0.05, 0.1) is 0 Å². The van der Waals surface area contributed by atoms with Gasteiger partial charge in [0.2, 0.25) is 0 Å². The number of benzene rings is 2. The van der Waals surface area contributed by atoms with Gasteiger partial charge >= 0.3 is 5.97 Å². The minimum absolute atomic E-state index is 0.0236. The predicted octanol–water partition coefficient (Wildman–Crippen LogP) is 4.17. The molecule has 104 valence electrons. The maximum Gasteiger partial charge on any atom is 0.339 e. The highest BCUT2D eigenvalue weighted by molar-refractivity contribution is 9.10. The normalized spacial score (nSPS) is 10.3. The Morgan fingerprint density at radius 1 is 1.35 bits per heavy atom. The number of aryl methyl sites for hydroxylation is 1. The summed E-state index contributed by atoms with van der Waals surface area (Å²) in [6, 6.07) is 9.50. The van der Waals surface area contributed by atoms with Crippen molar-refractivity contribution >= 4 is 21.9 Å². The van der Waals surface area contributed by atoms with Gasteiger partial charge in [0.15, 0.2) is 0 Å². The first kappa shape index (κ1) is 14.5. The topological polar surface area (TPSA) is 46.5 Å². The first-order chi connectivity index (χ1) is 9.49. The fourth-order valence-electron chi connectivity index (χ4n) is 1.80. The molecular formula is C15H12BrFO3. The number of aromatic carboxylic acids is 1. The summed E-state index contributed by atoms with van der Waals surface area (Å²) in [5.41, 5.74) is 1.14. The molecule has 0 amide bonds. The molecule has 0 bridgehead atoms. The Bertz CT molecular complexity index is 656. The molecule has 0 radical (unpaired) electrons. The lowest BCUT2D eigenvalue weighted by molar-refractivity contribution is 0.0691. The number of hydrogen-bond acceptors (Lipinski definition) is 2. The maximum absolute atomic E-state index is 13.7. The van der Waals surface area contributed by atoms with E-state index in [1.165, 1.54) is 12.1 Å². The third kappa shape index (κ3) is 3.17. The van der Waals surface area contributed by atoms with Gasteiger partial charge < -0.3 is 9.84 Å². The van der Waals surface area contributed by atoms with Crippen molar-refractivity contribution in [1.82, 2.24) is 0 Å². The quantitative estimate of drug-likeness (QED) is 0.909. The summed E-state index contributed by atoms with van der Waals surface area (Å²) in [5, 5.41) is 9.12. The van der Waals surface area contributed by atoms with Crippen molar-refractivity contribution in [3.63, 3.8) is 0 Å². The number of carboxylic acid groups (broad SMARTS) is 1. The summed E-state index contributed by atoms with van der Waals surface area (Å²) in [6.07, 6.45) is 0. The molecule has 3 nitrogen and oxygen atoms in total. The van der Waals surface area contributed by atoms with Gasteiger partial charge in [-0.2, -0.15) is 0 Å². The van der Waals surface area contributed by atoms with Gasteiger partial charge in [-0.3, -0.25) is 0 Å². The summed E-state index contributed by atoms with van der Waals surface area (Å²) < 4.78 is 19.8. The number of para-hydroxylation sites is 1. The monoisotopic (exact) mass is 338 g/mol. The van der Waals surface area contributed by atoms with Crippen molar-refractivity contribution in [3.8, 4) is 5.75 Å². The Kier molecular flexibility index (Phi) is 4.39. The molecule has 2 rings (SSSR count). The van der Waals surface area contributed by atoms with E-state index in [4.69, 9.17) is 9.84 Å². The van der Waals surface area contributed by atoms with E-state index in [1.807, 2.05) is 0 Å². The van der Waals surface area contributed by atoms with Crippen LogP contribution in [0.25, 0.3) is 0 Å². The summed E-state index contributed by atoms with van der Waals surface area (Å²) in [5.74, 6) is -1.20. The van der Waals surface area contributed by atoms with Crippen LogP contribution in [-0.4, -0.2) is 11.1 Å². The Hall–Kier alpha value is -1.88. The minimum Gasteiger partial charge on any atom is -0.488 e. The van der Waals surface area contributed by atoms with Crippen molar-refractivity contribution in [1.29, 1.82) is 0 Å². The van der Waals surface area contributed by atoms with Gasteiger partial charge in [0.1, 0.15) is 23.7 Å². The molecule has 0 fully saturated rings. The first-order valence-corrected chi connectivity index (χ1v) is 6.68. The van der Waals surface area contributed by atoms with E-state index in [0.717, 1.165) is 0 Å². The van der Waals surface area contributed by atoms with Crippen molar-refractivity contribution in [3.05, 3.63) is 63.4 Å². The van der Waals surface area contributed by atoms with E-state index in [2.05, 4.69) is 15.9 Å². The Labute approximate surface area is 124 Å². The lowest BCUT2D eigenvalue weighted by atomic mass is 10.1. The zero-order chi connectivity index (χ0) is 14.7. The Morgan fingerprint density at radius 2 is 2.10 bits per heavy atom. The lowest BCUT2D eigenvalue weighted by Gasteiger charge is -2.12. The summed E-state index contributed by atoms with van der Waals surface area (Å²) in [6.45, 7) is 1.73. The van der Waals surface area contributed by atoms with Crippen LogP contribution in [0.1, 0.15) is 21.5 Å². The van der Waals surface area contributed by atoms with Crippen molar-refractivity contribution in [2.75, 3.05) is 0 Å². The SMILES string of the molecule is Cc1cccc(C(=O)O)c1OCc1ccc(Br)cc1F. The second-order valence-corrected chi connectivity index (χ2v) is 5.20.